The highest BCUT2D eigenvalue weighted by Gasteiger charge is 2.27. The molecule has 0 unspecified atom stereocenters. The molecule has 1 amide bonds. The van der Waals surface area contributed by atoms with Gasteiger partial charge in [-0.3, -0.25) is 4.79 Å². The van der Waals surface area contributed by atoms with Crippen LogP contribution >= 0.6 is 11.6 Å². The van der Waals surface area contributed by atoms with Crippen LogP contribution in [0, 0.1) is 12.7 Å². The van der Waals surface area contributed by atoms with E-state index in [9.17, 15) is 17.6 Å². The first-order valence-electron chi connectivity index (χ1n) is 10.2. The van der Waals surface area contributed by atoms with Gasteiger partial charge in [-0.15, -0.1) is 0 Å². The van der Waals surface area contributed by atoms with Crippen LogP contribution in [0.3, 0.4) is 0 Å². The van der Waals surface area contributed by atoms with Gasteiger partial charge in [-0.25, -0.2) is 18.2 Å². The Balaban J connectivity index is 1.83. The van der Waals surface area contributed by atoms with E-state index in [1.165, 1.54) is 37.4 Å². The van der Waals surface area contributed by atoms with Crippen LogP contribution in [0.15, 0.2) is 76.7 Å². The molecule has 34 heavy (non-hydrogen) atoms. The Kier molecular flexibility index (Phi) is 8.38. The number of nitrogens with one attached hydrogen (secondary N) is 1. The summed E-state index contributed by atoms with van der Waals surface area (Å²) in [5.74, 6) is -0.755. The summed E-state index contributed by atoms with van der Waals surface area (Å²) in [6, 6.07) is 17.5. The standard InChI is InChI=1S/C24H23ClFN3O4S/c1-17-13-19(11-12-23(17)33-2)34(31,32)29(15-18-7-4-3-5-8-18)16-24(30)28-27-14-20-21(25)9-6-10-22(20)26/h3-14H,15-16H2,1-2H3,(H,28,30)/b27-14+. The molecule has 0 spiro atoms. The summed E-state index contributed by atoms with van der Waals surface area (Å²) in [5.41, 5.74) is 3.58. The van der Waals surface area contributed by atoms with E-state index in [1.54, 1.807) is 37.3 Å². The lowest BCUT2D eigenvalue weighted by Gasteiger charge is -2.22. The van der Waals surface area contributed by atoms with Crippen LogP contribution in [0.1, 0.15) is 16.7 Å². The van der Waals surface area contributed by atoms with Crippen molar-refractivity contribution in [3.8, 4) is 5.75 Å². The van der Waals surface area contributed by atoms with Gasteiger partial charge in [-0.05, 0) is 48.4 Å². The number of ether oxygens (including phenoxy) is 1. The zero-order valence-electron chi connectivity index (χ0n) is 18.5. The van der Waals surface area contributed by atoms with Gasteiger partial charge >= 0.3 is 0 Å². The molecule has 7 nitrogen and oxygen atoms in total. The van der Waals surface area contributed by atoms with E-state index in [0.29, 0.717) is 16.9 Å². The van der Waals surface area contributed by atoms with Crippen molar-refractivity contribution < 1.29 is 22.3 Å². The number of amides is 1. The Bertz CT molecular complexity index is 1280. The van der Waals surface area contributed by atoms with Crippen molar-refractivity contribution in [1.82, 2.24) is 9.73 Å². The number of benzene rings is 3. The Morgan fingerprint density at radius 3 is 2.53 bits per heavy atom. The maximum Gasteiger partial charge on any atom is 0.255 e. The maximum atomic E-state index is 13.9. The molecule has 0 bridgehead atoms. The van der Waals surface area contributed by atoms with E-state index in [-0.39, 0.29) is 22.0 Å². The first kappa shape index (κ1) is 25.4. The van der Waals surface area contributed by atoms with Crippen LogP contribution < -0.4 is 10.2 Å². The molecular formula is C24H23ClFN3O4S. The predicted octanol–water partition coefficient (Wildman–Crippen LogP) is 4.14. The summed E-state index contributed by atoms with van der Waals surface area (Å²) < 4.78 is 46.9. The lowest BCUT2D eigenvalue weighted by molar-refractivity contribution is -0.121. The highest BCUT2D eigenvalue weighted by Crippen LogP contribution is 2.25. The molecule has 0 radical (unpaired) electrons. The number of carbonyl (C=O) groups is 1. The minimum Gasteiger partial charge on any atom is -0.496 e. The van der Waals surface area contributed by atoms with Crippen LogP contribution in [0.2, 0.25) is 5.02 Å². The zero-order chi connectivity index (χ0) is 24.7. The number of nitrogens with zero attached hydrogens (tertiary/aromatic N) is 2. The normalized spacial score (nSPS) is 11.7. The van der Waals surface area contributed by atoms with E-state index in [4.69, 9.17) is 16.3 Å². The van der Waals surface area contributed by atoms with Crippen LogP contribution in [-0.2, 0) is 21.4 Å². The minimum atomic E-state index is -4.05. The van der Waals surface area contributed by atoms with Crippen molar-refractivity contribution >= 4 is 33.7 Å². The number of methoxy groups -OCH3 is 1. The highest BCUT2D eigenvalue weighted by molar-refractivity contribution is 7.89. The van der Waals surface area contributed by atoms with E-state index in [1.807, 2.05) is 6.07 Å². The van der Waals surface area contributed by atoms with Gasteiger partial charge in [-0.1, -0.05) is 48.0 Å². The Labute approximate surface area is 202 Å². The first-order valence-corrected chi connectivity index (χ1v) is 12.0. The number of sulfonamides is 1. The number of hydrazone groups is 1. The minimum absolute atomic E-state index is 0.00642. The van der Waals surface area contributed by atoms with E-state index in [0.717, 1.165) is 10.5 Å². The van der Waals surface area contributed by atoms with Gasteiger partial charge in [-0.2, -0.15) is 9.41 Å². The Hall–Kier alpha value is -3.27. The van der Waals surface area contributed by atoms with Gasteiger partial charge in [0.05, 0.1) is 29.8 Å². The quantitative estimate of drug-likeness (QED) is 0.351. The van der Waals surface area contributed by atoms with Gasteiger partial charge in [0.15, 0.2) is 0 Å². The predicted molar refractivity (Wildman–Crippen MR) is 129 cm³/mol. The molecule has 0 saturated heterocycles. The third-order valence-electron chi connectivity index (χ3n) is 4.91. The molecule has 3 aromatic rings. The molecular weight excluding hydrogens is 481 g/mol. The van der Waals surface area contributed by atoms with Gasteiger partial charge < -0.3 is 4.74 Å². The summed E-state index contributed by atoms with van der Waals surface area (Å²) in [4.78, 5) is 12.6. The number of hydrogen-bond donors (Lipinski definition) is 1. The summed E-state index contributed by atoms with van der Waals surface area (Å²) >= 11 is 5.94. The second-order valence-corrected chi connectivity index (χ2v) is 9.66. The molecule has 0 aromatic heterocycles. The number of hydrogen-bond acceptors (Lipinski definition) is 5. The van der Waals surface area contributed by atoms with Gasteiger partial charge in [0.1, 0.15) is 11.6 Å². The van der Waals surface area contributed by atoms with Gasteiger partial charge in [0.2, 0.25) is 10.0 Å². The second-order valence-electron chi connectivity index (χ2n) is 7.32. The molecule has 0 atom stereocenters. The molecule has 0 aliphatic heterocycles. The molecule has 0 aliphatic carbocycles. The number of aryl methyl sites for hydroxylation is 1. The first-order chi connectivity index (χ1) is 16.2. The molecule has 0 saturated carbocycles. The Morgan fingerprint density at radius 1 is 1.15 bits per heavy atom. The van der Waals surface area contributed by atoms with E-state index >= 15 is 0 Å². The van der Waals surface area contributed by atoms with Crippen LogP contribution in [0.25, 0.3) is 0 Å². The maximum absolute atomic E-state index is 13.9. The van der Waals surface area contributed by atoms with Crippen LogP contribution in [0.4, 0.5) is 4.39 Å². The van der Waals surface area contributed by atoms with Crippen molar-refractivity contribution in [2.45, 2.75) is 18.4 Å². The fourth-order valence-electron chi connectivity index (χ4n) is 3.17. The lowest BCUT2D eigenvalue weighted by Crippen LogP contribution is -2.39. The molecule has 178 valence electrons. The molecule has 3 aromatic carbocycles. The SMILES string of the molecule is COc1ccc(S(=O)(=O)N(CC(=O)N/N=C/c2c(F)cccc2Cl)Cc2ccccc2)cc1C. The third-order valence-corrected chi connectivity index (χ3v) is 7.03. The smallest absolute Gasteiger partial charge is 0.255 e. The fraction of sp³-hybridized carbons (Fsp3) is 0.167. The summed E-state index contributed by atoms with van der Waals surface area (Å²) in [5, 5.41) is 3.85. The number of carbonyl (C=O) groups excluding carboxylic acids is 1. The number of rotatable bonds is 9. The lowest BCUT2D eigenvalue weighted by atomic mass is 10.2. The second kappa shape index (κ2) is 11.2. The molecule has 0 heterocycles. The molecule has 1 N–H and O–H groups in total. The third kappa shape index (κ3) is 6.19. The monoisotopic (exact) mass is 503 g/mol. The van der Waals surface area contributed by atoms with Crippen molar-refractivity contribution in [2.75, 3.05) is 13.7 Å². The van der Waals surface area contributed by atoms with Crippen LogP contribution in [0.5, 0.6) is 5.75 Å². The topological polar surface area (TPSA) is 88.1 Å². The number of halogens is 2. The van der Waals surface area contributed by atoms with E-state index in [2.05, 4.69) is 10.5 Å². The van der Waals surface area contributed by atoms with Gasteiger partial charge in [0.25, 0.3) is 5.91 Å². The molecule has 0 aliphatic rings. The van der Waals surface area contributed by atoms with E-state index < -0.39 is 28.3 Å². The molecule has 10 heteroatoms. The molecule has 3 rings (SSSR count). The highest BCUT2D eigenvalue weighted by atomic mass is 35.5. The molecule has 0 fully saturated rings. The summed E-state index contributed by atoms with van der Waals surface area (Å²) in [7, 11) is -2.55. The average Bonchev–Trinajstić information content (AvgIpc) is 2.81. The van der Waals surface area contributed by atoms with Crippen molar-refractivity contribution in [1.29, 1.82) is 0 Å². The van der Waals surface area contributed by atoms with Crippen molar-refractivity contribution in [3.05, 3.63) is 94.3 Å². The average molecular weight is 504 g/mol. The van der Waals surface area contributed by atoms with Crippen LogP contribution in [-0.4, -0.2) is 38.5 Å². The largest absolute Gasteiger partial charge is 0.496 e. The summed E-state index contributed by atoms with van der Waals surface area (Å²) in [6.45, 7) is 1.18. The fourth-order valence-corrected chi connectivity index (χ4v) is 4.85. The van der Waals surface area contributed by atoms with Gasteiger partial charge in [0, 0.05) is 12.1 Å². The Morgan fingerprint density at radius 2 is 1.88 bits per heavy atom. The van der Waals surface area contributed by atoms with Crippen molar-refractivity contribution in [3.63, 3.8) is 0 Å². The zero-order valence-corrected chi connectivity index (χ0v) is 20.1. The summed E-state index contributed by atoms with van der Waals surface area (Å²) in [6.07, 6.45) is 1.07. The van der Waals surface area contributed by atoms with Crippen molar-refractivity contribution in [2.24, 2.45) is 5.10 Å².